The zero-order chi connectivity index (χ0) is 12.1. The van der Waals surface area contributed by atoms with Gasteiger partial charge >= 0.3 is 0 Å². The summed E-state index contributed by atoms with van der Waals surface area (Å²) in [6.07, 6.45) is 1.11. The largest absolute Gasteiger partial charge is 0.312 e. The molecule has 1 aromatic carbocycles. The molecule has 1 heterocycles. The third-order valence-corrected chi connectivity index (χ3v) is 4.32. The zero-order valence-corrected chi connectivity index (χ0v) is 12.3. The lowest BCUT2D eigenvalue weighted by molar-refractivity contribution is 0.687. The first-order chi connectivity index (χ1) is 8.25. The molecule has 17 heavy (non-hydrogen) atoms. The van der Waals surface area contributed by atoms with Crippen LogP contribution in [0.2, 0.25) is 0 Å². The van der Waals surface area contributed by atoms with Crippen molar-refractivity contribution in [1.82, 2.24) is 5.32 Å². The number of halogens is 1. The third kappa shape index (κ3) is 3.95. The van der Waals surface area contributed by atoms with E-state index in [2.05, 4.69) is 63.2 Å². The van der Waals surface area contributed by atoms with Crippen molar-refractivity contribution in [1.29, 1.82) is 0 Å². The number of nitrogens with one attached hydrogen (secondary N) is 1. The normalized spacial score (nSPS) is 10.7. The van der Waals surface area contributed by atoms with Gasteiger partial charge < -0.3 is 5.32 Å². The summed E-state index contributed by atoms with van der Waals surface area (Å²) in [5, 5.41) is 7.81. The number of hydrogen-bond acceptors (Lipinski definition) is 2. The Bertz CT molecular complexity index is 465. The van der Waals surface area contributed by atoms with Gasteiger partial charge in [-0.25, -0.2) is 0 Å². The highest BCUT2D eigenvalue weighted by Crippen LogP contribution is 2.17. The highest BCUT2D eigenvalue weighted by atomic mass is 79.9. The molecule has 0 spiro atoms. The average Bonchev–Trinajstić information content (AvgIpc) is 2.82. The molecule has 3 heteroatoms. The van der Waals surface area contributed by atoms with E-state index in [0.29, 0.717) is 0 Å². The molecule has 0 aliphatic rings. The van der Waals surface area contributed by atoms with Crippen molar-refractivity contribution < 1.29 is 0 Å². The molecule has 0 atom stereocenters. The second kappa shape index (κ2) is 6.34. The molecule has 0 radical (unpaired) electrons. The Balaban J connectivity index is 1.76. The lowest BCUT2D eigenvalue weighted by atomic mass is 10.1. The van der Waals surface area contributed by atoms with Crippen LogP contribution in [0.4, 0.5) is 0 Å². The Morgan fingerprint density at radius 1 is 1.24 bits per heavy atom. The summed E-state index contributed by atoms with van der Waals surface area (Å²) >= 11 is 5.32. The summed E-state index contributed by atoms with van der Waals surface area (Å²) in [6, 6.07) is 8.71. The summed E-state index contributed by atoms with van der Waals surface area (Å²) in [7, 11) is 0. The van der Waals surface area contributed by atoms with Gasteiger partial charge in [0, 0.05) is 11.0 Å². The fraction of sp³-hybridized carbons (Fsp3) is 0.286. The molecule has 2 aromatic rings. The maximum Gasteiger partial charge on any atom is 0.0207 e. The van der Waals surface area contributed by atoms with Crippen LogP contribution in [-0.4, -0.2) is 6.54 Å². The first-order valence-corrected chi connectivity index (χ1v) is 7.46. The van der Waals surface area contributed by atoms with Gasteiger partial charge in [-0.1, -0.05) is 28.1 Å². The standard InChI is InChI=1S/C14H16BrNS/c1-11-2-3-13(8-14(11)15)9-16-6-4-12-5-7-17-10-12/h2-3,5,7-8,10,16H,4,6,9H2,1H3. The van der Waals surface area contributed by atoms with Crippen LogP contribution >= 0.6 is 27.3 Å². The van der Waals surface area contributed by atoms with Crippen molar-refractivity contribution in [3.05, 3.63) is 56.2 Å². The van der Waals surface area contributed by atoms with Gasteiger partial charge in [-0.05, 0) is 59.5 Å². The van der Waals surface area contributed by atoms with Crippen LogP contribution in [0.1, 0.15) is 16.7 Å². The van der Waals surface area contributed by atoms with Crippen LogP contribution in [0.15, 0.2) is 39.5 Å². The first-order valence-electron chi connectivity index (χ1n) is 5.72. The molecule has 0 aliphatic heterocycles. The third-order valence-electron chi connectivity index (χ3n) is 2.74. The SMILES string of the molecule is Cc1ccc(CNCCc2ccsc2)cc1Br. The summed E-state index contributed by atoms with van der Waals surface area (Å²) in [5.41, 5.74) is 4.03. The minimum atomic E-state index is 0.934. The number of benzene rings is 1. The zero-order valence-electron chi connectivity index (χ0n) is 9.87. The van der Waals surface area contributed by atoms with Gasteiger partial charge in [0.1, 0.15) is 0 Å². The van der Waals surface area contributed by atoms with Gasteiger partial charge in [-0.15, -0.1) is 0 Å². The summed E-state index contributed by atoms with van der Waals surface area (Å²) in [5.74, 6) is 0. The minimum absolute atomic E-state index is 0.934. The molecule has 0 saturated carbocycles. The molecule has 2 rings (SSSR count). The van der Waals surface area contributed by atoms with Crippen LogP contribution in [0.5, 0.6) is 0 Å². The molecule has 0 saturated heterocycles. The molecular formula is C14H16BrNS. The molecule has 0 bridgehead atoms. The van der Waals surface area contributed by atoms with Gasteiger partial charge in [-0.2, -0.15) is 11.3 Å². The van der Waals surface area contributed by atoms with E-state index < -0.39 is 0 Å². The Morgan fingerprint density at radius 3 is 2.82 bits per heavy atom. The lowest BCUT2D eigenvalue weighted by Crippen LogP contribution is -2.16. The second-order valence-corrected chi connectivity index (χ2v) is 5.78. The van der Waals surface area contributed by atoms with Crippen LogP contribution in [0.25, 0.3) is 0 Å². The summed E-state index contributed by atoms with van der Waals surface area (Å²) < 4.78 is 1.19. The Morgan fingerprint density at radius 2 is 2.12 bits per heavy atom. The van der Waals surface area contributed by atoms with E-state index in [9.17, 15) is 0 Å². The highest BCUT2D eigenvalue weighted by molar-refractivity contribution is 9.10. The van der Waals surface area contributed by atoms with E-state index in [-0.39, 0.29) is 0 Å². The van der Waals surface area contributed by atoms with Gasteiger partial charge in [0.15, 0.2) is 0 Å². The van der Waals surface area contributed by atoms with Crippen LogP contribution in [0, 0.1) is 6.92 Å². The second-order valence-electron chi connectivity index (χ2n) is 4.14. The predicted molar refractivity (Wildman–Crippen MR) is 78.6 cm³/mol. The van der Waals surface area contributed by atoms with Crippen molar-refractivity contribution in [2.24, 2.45) is 0 Å². The van der Waals surface area contributed by atoms with E-state index in [1.54, 1.807) is 11.3 Å². The predicted octanol–water partition coefficient (Wildman–Crippen LogP) is 4.15. The average molecular weight is 310 g/mol. The molecule has 90 valence electrons. The molecule has 0 aliphatic carbocycles. The molecule has 0 amide bonds. The monoisotopic (exact) mass is 309 g/mol. The van der Waals surface area contributed by atoms with Crippen LogP contribution < -0.4 is 5.32 Å². The van der Waals surface area contributed by atoms with E-state index in [1.165, 1.54) is 21.2 Å². The topological polar surface area (TPSA) is 12.0 Å². The maximum atomic E-state index is 3.56. The highest BCUT2D eigenvalue weighted by Gasteiger charge is 1.98. The molecule has 1 aromatic heterocycles. The number of hydrogen-bond donors (Lipinski definition) is 1. The molecular weight excluding hydrogens is 294 g/mol. The van der Waals surface area contributed by atoms with Crippen molar-refractivity contribution in [3.63, 3.8) is 0 Å². The fourth-order valence-corrected chi connectivity index (χ4v) is 2.78. The smallest absolute Gasteiger partial charge is 0.0207 e. The van der Waals surface area contributed by atoms with E-state index in [1.807, 2.05) is 0 Å². The van der Waals surface area contributed by atoms with Crippen molar-refractivity contribution in [3.8, 4) is 0 Å². The van der Waals surface area contributed by atoms with Crippen molar-refractivity contribution in [2.45, 2.75) is 19.9 Å². The summed E-state index contributed by atoms with van der Waals surface area (Å²) in [4.78, 5) is 0. The van der Waals surface area contributed by atoms with Crippen molar-refractivity contribution >= 4 is 27.3 Å². The van der Waals surface area contributed by atoms with Gasteiger partial charge in [0.25, 0.3) is 0 Å². The fourth-order valence-electron chi connectivity index (χ4n) is 1.65. The molecule has 0 unspecified atom stereocenters. The van der Waals surface area contributed by atoms with Gasteiger partial charge in [0.05, 0.1) is 0 Å². The Hall–Kier alpha value is -0.640. The number of aryl methyl sites for hydroxylation is 1. The molecule has 0 fully saturated rings. The Kier molecular flexibility index (Phi) is 4.77. The summed E-state index contributed by atoms with van der Waals surface area (Å²) in [6.45, 7) is 4.07. The van der Waals surface area contributed by atoms with E-state index >= 15 is 0 Å². The Labute approximate surface area is 115 Å². The quantitative estimate of drug-likeness (QED) is 0.818. The molecule has 1 nitrogen and oxygen atoms in total. The van der Waals surface area contributed by atoms with Crippen molar-refractivity contribution in [2.75, 3.05) is 6.54 Å². The maximum absolute atomic E-state index is 3.56. The first kappa shape index (κ1) is 12.8. The van der Waals surface area contributed by atoms with Gasteiger partial charge in [-0.3, -0.25) is 0 Å². The number of thiophene rings is 1. The van der Waals surface area contributed by atoms with E-state index in [0.717, 1.165) is 19.5 Å². The van der Waals surface area contributed by atoms with Crippen LogP contribution in [0.3, 0.4) is 0 Å². The van der Waals surface area contributed by atoms with Crippen LogP contribution in [-0.2, 0) is 13.0 Å². The number of rotatable bonds is 5. The van der Waals surface area contributed by atoms with E-state index in [4.69, 9.17) is 0 Å². The molecule has 1 N–H and O–H groups in total. The van der Waals surface area contributed by atoms with Gasteiger partial charge in [0.2, 0.25) is 0 Å². The lowest BCUT2D eigenvalue weighted by Gasteiger charge is -2.06. The minimum Gasteiger partial charge on any atom is -0.312 e.